The van der Waals surface area contributed by atoms with E-state index in [-0.39, 0.29) is 11.7 Å². The second-order valence-electron chi connectivity index (χ2n) is 7.70. The number of hydrogen-bond acceptors (Lipinski definition) is 9. The molecule has 9 nitrogen and oxygen atoms in total. The Morgan fingerprint density at radius 2 is 2.03 bits per heavy atom. The summed E-state index contributed by atoms with van der Waals surface area (Å²) in [7, 11) is 0. The Labute approximate surface area is 188 Å². The zero-order valence-electron chi connectivity index (χ0n) is 17.1. The fourth-order valence-corrected chi connectivity index (χ4v) is 4.88. The SMILES string of the molecule is NC1CCCN(c2ccncc2Nc2nccc3sc(-c4ccc([N+](=O)[O-])cc4)nc23)C1. The first-order chi connectivity index (χ1) is 15.6. The molecule has 1 aliphatic rings. The number of rotatable bonds is 5. The molecule has 0 aliphatic carbocycles. The van der Waals surface area contributed by atoms with Crippen LogP contribution >= 0.6 is 11.3 Å². The molecule has 0 spiro atoms. The van der Waals surface area contributed by atoms with Crippen molar-refractivity contribution in [2.45, 2.75) is 18.9 Å². The van der Waals surface area contributed by atoms with Crippen molar-refractivity contribution in [3.8, 4) is 10.6 Å². The average molecular weight is 448 g/mol. The van der Waals surface area contributed by atoms with Crippen LogP contribution in [0.2, 0.25) is 0 Å². The van der Waals surface area contributed by atoms with Gasteiger partial charge in [0.05, 0.1) is 27.2 Å². The van der Waals surface area contributed by atoms with Gasteiger partial charge in [-0.15, -0.1) is 11.3 Å². The van der Waals surface area contributed by atoms with Crippen molar-refractivity contribution >= 4 is 44.4 Å². The third kappa shape index (κ3) is 3.97. The lowest BCUT2D eigenvalue weighted by Gasteiger charge is -2.33. The Kier molecular flexibility index (Phi) is 5.38. The van der Waals surface area contributed by atoms with E-state index in [1.165, 1.54) is 23.5 Å². The van der Waals surface area contributed by atoms with Crippen LogP contribution in [0.4, 0.5) is 22.9 Å². The molecule has 0 radical (unpaired) electrons. The summed E-state index contributed by atoms with van der Waals surface area (Å²) in [6.07, 6.45) is 7.41. The van der Waals surface area contributed by atoms with E-state index in [4.69, 9.17) is 10.7 Å². The maximum atomic E-state index is 10.9. The minimum Gasteiger partial charge on any atom is -0.368 e. The van der Waals surface area contributed by atoms with Gasteiger partial charge in [0.25, 0.3) is 5.69 Å². The number of nitrogens with one attached hydrogen (secondary N) is 1. The molecule has 3 aromatic heterocycles. The van der Waals surface area contributed by atoms with E-state index in [9.17, 15) is 10.1 Å². The summed E-state index contributed by atoms with van der Waals surface area (Å²) in [4.78, 5) is 26.4. The smallest absolute Gasteiger partial charge is 0.269 e. The summed E-state index contributed by atoms with van der Waals surface area (Å²) < 4.78 is 0.973. The van der Waals surface area contributed by atoms with Gasteiger partial charge in [-0.3, -0.25) is 15.1 Å². The molecule has 10 heteroatoms. The van der Waals surface area contributed by atoms with Crippen LogP contribution in [-0.4, -0.2) is 39.0 Å². The largest absolute Gasteiger partial charge is 0.368 e. The number of piperidine rings is 1. The van der Waals surface area contributed by atoms with Crippen molar-refractivity contribution in [3.05, 3.63) is 65.1 Å². The first-order valence-corrected chi connectivity index (χ1v) is 11.1. The molecule has 5 rings (SSSR count). The van der Waals surface area contributed by atoms with Gasteiger partial charge in [-0.1, -0.05) is 0 Å². The number of anilines is 3. The number of nitrogens with two attached hydrogens (primary N) is 1. The molecule has 0 bridgehead atoms. The Morgan fingerprint density at radius 3 is 2.81 bits per heavy atom. The number of nitro benzene ring substituents is 1. The Bertz CT molecular complexity index is 1280. The quantitative estimate of drug-likeness (QED) is 0.342. The predicted octanol–water partition coefficient (Wildman–Crippen LogP) is 4.33. The third-order valence-corrected chi connectivity index (χ3v) is 6.55. The Hall–Kier alpha value is -3.63. The first-order valence-electron chi connectivity index (χ1n) is 10.3. The molecular formula is C22H21N7O2S. The van der Waals surface area contributed by atoms with Gasteiger partial charge in [-0.25, -0.2) is 9.97 Å². The number of thiazole rings is 1. The van der Waals surface area contributed by atoms with Gasteiger partial charge in [-0.2, -0.15) is 0 Å². The predicted molar refractivity (Wildman–Crippen MR) is 126 cm³/mol. The molecule has 0 amide bonds. The molecule has 0 saturated carbocycles. The van der Waals surface area contributed by atoms with Gasteiger partial charge in [0, 0.05) is 49.2 Å². The highest BCUT2D eigenvalue weighted by molar-refractivity contribution is 7.21. The summed E-state index contributed by atoms with van der Waals surface area (Å²) >= 11 is 1.52. The summed E-state index contributed by atoms with van der Waals surface area (Å²) in [5.74, 6) is 0.641. The van der Waals surface area contributed by atoms with Crippen molar-refractivity contribution in [1.82, 2.24) is 15.0 Å². The van der Waals surface area contributed by atoms with Gasteiger partial charge >= 0.3 is 0 Å². The minimum atomic E-state index is -0.408. The molecule has 1 aliphatic heterocycles. The van der Waals surface area contributed by atoms with Gasteiger partial charge < -0.3 is 16.0 Å². The Balaban J connectivity index is 1.48. The van der Waals surface area contributed by atoms with E-state index in [0.717, 1.165) is 58.1 Å². The minimum absolute atomic E-state index is 0.0559. The van der Waals surface area contributed by atoms with E-state index >= 15 is 0 Å². The van der Waals surface area contributed by atoms with Crippen molar-refractivity contribution in [2.75, 3.05) is 23.3 Å². The van der Waals surface area contributed by atoms with E-state index < -0.39 is 4.92 Å². The van der Waals surface area contributed by atoms with Gasteiger partial charge in [0.2, 0.25) is 0 Å². The maximum absolute atomic E-state index is 10.9. The Morgan fingerprint density at radius 1 is 1.19 bits per heavy atom. The van der Waals surface area contributed by atoms with Crippen molar-refractivity contribution < 1.29 is 4.92 Å². The lowest BCUT2D eigenvalue weighted by molar-refractivity contribution is -0.384. The summed E-state index contributed by atoms with van der Waals surface area (Å²) in [5.41, 5.74) is 9.71. The second-order valence-corrected chi connectivity index (χ2v) is 8.73. The zero-order valence-corrected chi connectivity index (χ0v) is 18.0. The van der Waals surface area contributed by atoms with Crippen LogP contribution < -0.4 is 16.0 Å². The molecule has 4 heterocycles. The highest BCUT2D eigenvalue weighted by atomic mass is 32.1. The van der Waals surface area contributed by atoms with Crippen molar-refractivity contribution in [1.29, 1.82) is 0 Å². The van der Waals surface area contributed by atoms with E-state index in [2.05, 4.69) is 20.2 Å². The van der Waals surface area contributed by atoms with Crippen molar-refractivity contribution in [3.63, 3.8) is 0 Å². The van der Waals surface area contributed by atoms with Crippen LogP contribution in [0, 0.1) is 10.1 Å². The molecule has 1 saturated heterocycles. The molecule has 1 aromatic carbocycles. The van der Waals surface area contributed by atoms with Crippen LogP contribution in [0.15, 0.2) is 55.0 Å². The molecule has 1 atom stereocenters. The average Bonchev–Trinajstić information content (AvgIpc) is 3.25. The van der Waals surface area contributed by atoms with Gasteiger partial charge in [-0.05, 0) is 37.1 Å². The topological polar surface area (TPSA) is 123 Å². The first kappa shape index (κ1) is 20.3. The number of benzene rings is 1. The number of aromatic nitrogens is 3. The fourth-order valence-electron chi connectivity index (χ4n) is 3.91. The fraction of sp³-hybridized carbons (Fsp3) is 0.227. The number of fused-ring (bicyclic) bond motifs is 1. The summed E-state index contributed by atoms with van der Waals surface area (Å²) in [6.45, 7) is 1.75. The maximum Gasteiger partial charge on any atom is 0.269 e. The molecule has 3 N–H and O–H groups in total. The third-order valence-electron chi connectivity index (χ3n) is 5.48. The highest BCUT2D eigenvalue weighted by Gasteiger charge is 2.20. The highest BCUT2D eigenvalue weighted by Crippen LogP contribution is 2.36. The monoisotopic (exact) mass is 447 g/mol. The molecular weight excluding hydrogens is 426 g/mol. The normalized spacial score (nSPS) is 16.3. The van der Waals surface area contributed by atoms with Crippen molar-refractivity contribution in [2.24, 2.45) is 5.73 Å². The molecule has 162 valence electrons. The summed E-state index contributed by atoms with van der Waals surface area (Å²) in [6, 6.07) is 10.5. The van der Waals surface area contributed by atoms with E-state index in [1.807, 2.05) is 12.1 Å². The van der Waals surface area contributed by atoms with Crippen LogP contribution in [-0.2, 0) is 0 Å². The lowest BCUT2D eigenvalue weighted by Crippen LogP contribution is -2.43. The number of pyridine rings is 2. The summed E-state index contributed by atoms with van der Waals surface area (Å²) in [5, 5.41) is 15.1. The zero-order chi connectivity index (χ0) is 22.1. The molecule has 1 unspecified atom stereocenters. The number of nitrogens with zero attached hydrogens (tertiary/aromatic N) is 5. The molecule has 32 heavy (non-hydrogen) atoms. The van der Waals surface area contributed by atoms with E-state index in [0.29, 0.717) is 5.82 Å². The second kappa shape index (κ2) is 8.48. The number of nitro groups is 1. The van der Waals surface area contributed by atoms with Crippen LogP contribution in [0.3, 0.4) is 0 Å². The number of hydrogen-bond donors (Lipinski definition) is 2. The molecule has 4 aromatic rings. The van der Waals surface area contributed by atoms with Crippen LogP contribution in [0.25, 0.3) is 20.8 Å². The van der Waals surface area contributed by atoms with Crippen LogP contribution in [0.1, 0.15) is 12.8 Å². The number of non-ortho nitro benzene ring substituents is 1. The van der Waals surface area contributed by atoms with Gasteiger partial charge in [0.15, 0.2) is 5.82 Å². The van der Waals surface area contributed by atoms with Gasteiger partial charge in [0.1, 0.15) is 10.5 Å². The van der Waals surface area contributed by atoms with Crippen LogP contribution in [0.5, 0.6) is 0 Å². The lowest BCUT2D eigenvalue weighted by atomic mass is 10.1. The van der Waals surface area contributed by atoms with E-state index in [1.54, 1.807) is 30.7 Å². The molecule has 1 fully saturated rings. The standard InChI is InChI=1S/C22H21N7O2S/c23-15-2-1-11-28(13-15)18-7-9-24-12-17(18)26-21-20-19(8-10-25-21)32-22(27-20)14-3-5-16(6-4-14)29(30)31/h3-10,12,15H,1-2,11,13,23H2,(H,25,26).